The molecule has 3 aromatic carbocycles. The number of alkyl halides is 3. The minimum atomic E-state index is -4.43. The predicted molar refractivity (Wildman–Crippen MR) is 97.0 cm³/mol. The van der Waals surface area contributed by atoms with E-state index in [1.54, 1.807) is 48.5 Å². The normalized spacial score (nSPS) is 11.7. The Hall–Kier alpha value is -3.48. The van der Waals surface area contributed by atoms with Gasteiger partial charge in [0.1, 0.15) is 5.39 Å². The number of aromatic amines is 1. The number of nitrogens with one attached hydrogen (secondary N) is 2. The van der Waals surface area contributed by atoms with Crippen LogP contribution in [0.2, 0.25) is 0 Å². The molecule has 0 amide bonds. The van der Waals surface area contributed by atoms with Gasteiger partial charge < -0.3 is 9.84 Å². The summed E-state index contributed by atoms with van der Waals surface area (Å²) in [4.78, 5) is 11.9. The van der Waals surface area contributed by atoms with Gasteiger partial charge >= 0.3 is 6.18 Å². The molecule has 1 aromatic heterocycles. The number of rotatable bonds is 3. The molecule has 0 fully saturated rings. The van der Waals surface area contributed by atoms with E-state index >= 15 is 0 Å². The van der Waals surface area contributed by atoms with Gasteiger partial charge in [0.15, 0.2) is 5.58 Å². The highest BCUT2D eigenvalue weighted by Gasteiger charge is 2.33. The third-order valence-electron chi connectivity index (χ3n) is 4.21. The van der Waals surface area contributed by atoms with Crippen LogP contribution in [0.15, 0.2) is 76.0 Å². The molecule has 0 bridgehead atoms. The van der Waals surface area contributed by atoms with Gasteiger partial charge in [0.2, 0.25) is 0 Å². The summed E-state index contributed by atoms with van der Waals surface area (Å²) >= 11 is 0. The lowest BCUT2D eigenvalue weighted by Gasteiger charge is -2.13. The average Bonchev–Trinajstić information content (AvgIpc) is 3.04. The minimum absolute atomic E-state index is 0.116. The van der Waals surface area contributed by atoms with Crippen molar-refractivity contribution in [2.24, 2.45) is 0 Å². The number of hydrogen-bond donors (Lipinski definition) is 2. The van der Waals surface area contributed by atoms with Crippen LogP contribution >= 0.6 is 0 Å². The Morgan fingerprint density at radius 3 is 2.37 bits per heavy atom. The summed E-state index contributed by atoms with van der Waals surface area (Å²) in [6.45, 7) is 0. The minimum Gasteiger partial charge on any atom is -0.378 e. The van der Waals surface area contributed by atoms with Crippen molar-refractivity contribution < 1.29 is 17.7 Å². The van der Waals surface area contributed by atoms with Gasteiger partial charge in [0.25, 0.3) is 5.56 Å². The zero-order valence-electron chi connectivity index (χ0n) is 13.8. The van der Waals surface area contributed by atoms with Gasteiger partial charge in [-0.25, -0.2) is 0 Å². The van der Waals surface area contributed by atoms with Crippen LogP contribution in [0.1, 0.15) is 5.56 Å². The fourth-order valence-corrected chi connectivity index (χ4v) is 2.98. The van der Waals surface area contributed by atoms with Gasteiger partial charge in [0, 0.05) is 5.69 Å². The number of benzene rings is 3. The molecule has 0 saturated heterocycles. The summed E-state index contributed by atoms with van der Waals surface area (Å²) in [5.41, 5.74) is 1.13. The molecular weight excluding hydrogens is 357 g/mol. The van der Waals surface area contributed by atoms with Gasteiger partial charge in [0.05, 0.1) is 11.3 Å². The second kappa shape index (κ2) is 6.35. The van der Waals surface area contributed by atoms with Gasteiger partial charge in [-0.05, 0) is 41.5 Å². The molecule has 0 spiro atoms. The van der Waals surface area contributed by atoms with Crippen molar-refractivity contribution in [2.45, 2.75) is 6.18 Å². The lowest BCUT2D eigenvalue weighted by molar-refractivity contribution is -0.137. The SMILES string of the molecule is O=c1[nH]oc2cccc(Nc3ccc(-c4ccccc4C(F)(F)F)cc3)c12. The van der Waals surface area contributed by atoms with Crippen LogP contribution in [-0.2, 0) is 6.18 Å². The van der Waals surface area contributed by atoms with E-state index in [4.69, 9.17) is 4.52 Å². The molecule has 0 aliphatic rings. The molecular formula is C20H13F3N2O2. The first kappa shape index (κ1) is 17.0. The van der Waals surface area contributed by atoms with E-state index in [2.05, 4.69) is 10.5 Å². The van der Waals surface area contributed by atoms with Crippen molar-refractivity contribution in [2.75, 3.05) is 5.32 Å². The standard InChI is InChI=1S/C20H13F3N2O2/c21-20(22,23)15-5-2-1-4-14(15)12-8-10-13(11-9-12)24-16-6-3-7-17-18(16)19(26)25-27-17/h1-11,24H,(H,25,26). The first-order valence-electron chi connectivity index (χ1n) is 8.07. The van der Waals surface area contributed by atoms with Crippen LogP contribution in [0.5, 0.6) is 0 Å². The zero-order chi connectivity index (χ0) is 19.0. The lowest BCUT2D eigenvalue weighted by Crippen LogP contribution is -2.06. The molecule has 0 unspecified atom stereocenters. The van der Waals surface area contributed by atoms with Crippen LogP contribution in [0.3, 0.4) is 0 Å². The number of anilines is 2. The summed E-state index contributed by atoms with van der Waals surface area (Å²) in [5, 5.41) is 5.75. The van der Waals surface area contributed by atoms with E-state index in [9.17, 15) is 18.0 Å². The van der Waals surface area contributed by atoms with Crippen LogP contribution in [0, 0.1) is 0 Å². The molecule has 0 atom stereocenters. The van der Waals surface area contributed by atoms with Gasteiger partial charge in [-0.3, -0.25) is 4.79 Å². The van der Waals surface area contributed by atoms with Gasteiger partial charge in [-0.1, -0.05) is 36.4 Å². The molecule has 1 heterocycles. The number of halogens is 3. The van der Waals surface area contributed by atoms with E-state index in [1.807, 2.05) is 0 Å². The van der Waals surface area contributed by atoms with E-state index in [-0.39, 0.29) is 11.1 Å². The molecule has 27 heavy (non-hydrogen) atoms. The maximum atomic E-state index is 13.2. The van der Waals surface area contributed by atoms with Crippen LogP contribution in [0.25, 0.3) is 22.1 Å². The number of fused-ring (bicyclic) bond motifs is 1. The van der Waals surface area contributed by atoms with Crippen LogP contribution in [-0.4, -0.2) is 5.16 Å². The molecule has 0 aliphatic carbocycles. The summed E-state index contributed by atoms with van der Waals surface area (Å²) < 4.78 is 44.7. The van der Waals surface area contributed by atoms with Crippen molar-refractivity contribution in [3.63, 3.8) is 0 Å². The molecule has 4 aromatic rings. The Bertz CT molecular complexity index is 1160. The Balaban J connectivity index is 1.68. The molecule has 2 N–H and O–H groups in total. The Labute approximate surface area is 151 Å². The molecule has 0 radical (unpaired) electrons. The predicted octanol–water partition coefficient (Wildman–Crippen LogP) is 5.55. The molecule has 4 nitrogen and oxygen atoms in total. The summed E-state index contributed by atoms with van der Waals surface area (Å²) in [7, 11) is 0. The van der Waals surface area contributed by atoms with Crippen molar-refractivity contribution in [1.82, 2.24) is 5.16 Å². The second-order valence-corrected chi connectivity index (χ2v) is 5.96. The molecule has 0 saturated carbocycles. The fourth-order valence-electron chi connectivity index (χ4n) is 2.98. The summed E-state index contributed by atoms with van der Waals surface area (Å²) in [6.07, 6.45) is -4.43. The van der Waals surface area contributed by atoms with E-state index < -0.39 is 11.7 Å². The van der Waals surface area contributed by atoms with Crippen molar-refractivity contribution in [3.8, 4) is 11.1 Å². The maximum Gasteiger partial charge on any atom is 0.417 e. The highest BCUT2D eigenvalue weighted by atomic mass is 19.4. The number of aromatic nitrogens is 1. The quantitative estimate of drug-likeness (QED) is 0.497. The van der Waals surface area contributed by atoms with E-state index in [1.165, 1.54) is 12.1 Å². The molecule has 7 heteroatoms. The average molecular weight is 370 g/mol. The van der Waals surface area contributed by atoms with Crippen molar-refractivity contribution >= 4 is 22.3 Å². The highest BCUT2D eigenvalue weighted by Crippen LogP contribution is 2.37. The Morgan fingerprint density at radius 2 is 1.63 bits per heavy atom. The highest BCUT2D eigenvalue weighted by molar-refractivity contribution is 5.91. The second-order valence-electron chi connectivity index (χ2n) is 5.96. The van der Waals surface area contributed by atoms with Gasteiger partial charge in [-0.15, -0.1) is 0 Å². The largest absolute Gasteiger partial charge is 0.417 e. The topological polar surface area (TPSA) is 58.0 Å². The number of hydrogen-bond acceptors (Lipinski definition) is 3. The molecule has 4 rings (SSSR count). The first-order chi connectivity index (χ1) is 12.9. The summed E-state index contributed by atoms with van der Waals surface area (Å²) in [5.74, 6) is 0. The van der Waals surface area contributed by atoms with Crippen LogP contribution in [0.4, 0.5) is 24.5 Å². The number of H-pyrrole nitrogens is 1. The van der Waals surface area contributed by atoms with Crippen molar-refractivity contribution in [1.29, 1.82) is 0 Å². The molecule has 0 aliphatic heterocycles. The van der Waals surface area contributed by atoms with Crippen molar-refractivity contribution in [3.05, 3.63) is 82.6 Å². The maximum absolute atomic E-state index is 13.2. The first-order valence-corrected chi connectivity index (χ1v) is 8.07. The third kappa shape index (κ3) is 3.19. The molecule has 136 valence electrons. The van der Waals surface area contributed by atoms with Gasteiger partial charge in [-0.2, -0.15) is 18.3 Å². The lowest BCUT2D eigenvalue weighted by atomic mass is 9.99. The smallest absolute Gasteiger partial charge is 0.378 e. The Morgan fingerprint density at radius 1 is 0.889 bits per heavy atom. The third-order valence-corrected chi connectivity index (χ3v) is 4.21. The zero-order valence-corrected chi connectivity index (χ0v) is 13.8. The van der Waals surface area contributed by atoms with Crippen LogP contribution < -0.4 is 10.9 Å². The van der Waals surface area contributed by atoms with E-state index in [0.29, 0.717) is 27.9 Å². The monoisotopic (exact) mass is 370 g/mol. The Kier molecular flexibility index (Phi) is 3.99. The fraction of sp³-hybridized carbons (Fsp3) is 0.0500. The summed E-state index contributed by atoms with van der Waals surface area (Å²) in [6, 6.07) is 17.1. The van der Waals surface area contributed by atoms with E-state index in [0.717, 1.165) is 6.07 Å².